The third-order valence-corrected chi connectivity index (χ3v) is 5.43. The molecule has 0 aromatic heterocycles. The molecule has 3 rings (SSSR count). The second-order valence-electron chi connectivity index (χ2n) is 8.17. The van der Waals surface area contributed by atoms with Crippen molar-refractivity contribution in [3.05, 3.63) is 35.4 Å². The van der Waals surface area contributed by atoms with E-state index in [0.717, 1.165) is 61.4 Å². The van der Waals surface area contributed by atoms with Crippen LogP contribution < -0.4 is 10.1 Å². The Hall–Kier alpha value is -1.61. The van der Waals surface area contributed by atoms with E-state index >= 15 is 0 Å². The van der Waals surface area contributed by atoms with Gasteiger partial charge in [0.15, 0.2) is 0 Å². The molecule has 1 saturated heterocycles. The first-order valence-electron chi connectivity index (χ1n) is 9.13. The highest BCUT2D eigenvalue weighted by atomic mass is 16.5. The lowest BCUT2D eigenvalue weighted by Crippen LogP contribution is -2.22. The summed E-state index contributed by atoms with van der Waals surface area (Å²) in [6, 6.07) is 5.82. The van der Waals surface area contributed by atoms with Gasteiger partial charge in [-0.25, -0.2) is 0 Å². The summed E-state index contributed by atoms with van der Waals surface area (Å²) < 4.78 is 6.23. The van der Waals surface area contributed by atoms with Crippen molar-refractivity contribution < 1.29 is 9.53 Å². The van der Waals surface area contributed by atoms with Crippen LogP contribution in [0.1, 0.15) is 62.4 Å². The lowest BCUT2D eigenvalue weighted by molar-refractivity contribution is 0.112. The minimum Gasteiger partial charge on any atom is -0.488 e. The van der Waals surface area contributed by atoms with E-state index in [1.807, 2.05) is 18.2 Å². The smallest absolute Gasteiger partial charge is 0.150 e. The van der Waals surface area contributed by atoms with Gasteiger partial charge in [-0.1, -0.05) is 26.8 Å². The van der Waals surface area contributed by atoms with Gasteiger partial charge in [0, 0.05) is 17.7 Å². The number of benzene rings is 1. The van der Waals surface area contributed by atoms with Crippen LogP contribution >= 0.6 is 0 Å². The first-order valence-corrected chi connectivity index (χ1v) is 9.13. The molecule has 0 bridgehead atoms. The van der Waals surface area contributed by atoms with Crippen LogP contribution in [-0.4, -0.2) is 25.5 Å². The maximum atomic E-state index is 11.2. The van der Waals surface area contributed by atoms with E-state index in [-0.39, 0.29) is 6.10 Å². The SMILES string of the molecule is CC(C)(C)C1CC=C(c2cc(C=O)ccc2OC2CCNC2)CC1. The van der Waals surface area contributed by atoms with Gasteiger partial charge in [0.1, 0.15) is 18.1 Å². The molecule has 1 fully saturated rings. The second kappa shape index (κ2) is 7.10. The number of rotatable bonds is 4. The van der Waals surface area contributed by atoms with E-state index in [1.54, 1.807) is 0 Å². The largest absolute Gasteiger partial charge is 0.488 e. The third kappa shape index (κ3) is 3.89. The van der Waals surface area contributed by atoms with Crippen molar-refractivity contribution in [3.63, 3.8) is 0 Å². The summed E-state index contributed by atoms with van der Waals surface area (Å²) in [5.74, 6) is 1.65. The number of ether oxygens (including phenoxy) is 1. The fourth-order valence-electron chi connectivity index (χ4n) is 3.75. The molecule has 3 heteroatoms. The van der Waals surface area contributed by atoms with Crippen molar-refractivity contribution in [1.29, 1.82) is 0 Å². The lowest BCUT2D eigenvalue weighted by Gasteiger charge is -2.33. The van der Waals surface area contributed by atoms with E-state index in [0.29, 0.717) is 5.41 Å². The van der Waals surface area contributed by atoms with Crippen LogP contribution in [0.4, 0.5) is 0 Å². The van der Waals surface area contributed by atoms with E-state index in [9.17, 15) is 4.79 Å². The molecule has 130 valence electrons. The molecule has 3 nitrogen and oxygen atoms in total. The van der Waals surface area contributed by atoms with Crippen molar-refractivity contribution in [3.8, 4) is 5.75 Å². The van der Waals surface area contributed by atoms with Gasteiger partial charge in [-0.2, -0.15) is 0 Å². The molecule has 0 spiro atoms. The summed E-state index contributed by atoms with van der Waals surface area (Å²) in [5, 5.41) is 3.34. The van der Waals surface area contributed by atoms with Crippen LogP contribution in [0, 0.1) is 11.3 Å². The zero-order chi connectivity index (χ0) is 17.2. The number of hydrogen-bond donors (Lipinski definition) is 1. The van der Waals surface area contributed by atoms with E-state index in [1.165, 1.54) is 12.0 Å². The maximum absolute atomic E-state index is 11.2. The molecule has 2 atom stereocenters. The summed E-state index contributed by atoms with van der Waals surface area (Å²) in [6.07, 6.45) is 7.93. The minimum absolute atomic E-state index is 0.234. The quantitative estimate of drug-likeness (QED) is 0.829. The molecular weight excluding hydrogens is 298 g/mol. The van der Waals surface area contributed by atoms with E-state index in [2.05, 4.69) is 32.2 Å². The van der Waals surface area contributed by atoms with Gasteiger partial charge in [0.05, 0.1) is 0 Å². The van der Waals surface area contributed by atoms with Gasteiger partial charge in [-0.05, 0) is 67.3 Å². The van der Waals surface area contributed by atoms with Crippen molar-refractivity contribution >= 4 is 11.9 Å². The van der Waals surface area contributed by atoms with E-state index in [4.69, 9.17) is 4.74 Å². The molecule has 1 aliphatic carbocycles. The standard InChI is InChI=1S/C21H29NO2/c1-21(2,3)17-7-5-16(6-8-17)19-12-15(14-23)4-9-20(19)24-18-10-11-22-13-18/h4-5,9,12,14,17-18,22H,6-8,10-11,13H2,1-3H3. The maximum Gasteiger partial charge on any atom is 0.150 e. The molecule has 1 N–H and O–H groups in total. The Bertz CT molecular complexity index is 621. The third-order valence-electron chi connectivity index (χ3n) is 5.43. The van der Waals surface area contributed by atoms with Crippen molar-refractivity contribution in [2.75, 3.05) is 13.1 Å². The summed E-state index contributed by atoms with van der Waals surface area (Å²) in [6.45, 7) is 8.89. The second-order valence-corrected chi connectivity index (χ2v) is 8.17. The average molecular weight is 327 g/mol. The molecule has 1 aromatic rings. The molecule has 2 unspecified atom stereocenters. The van der Waals surface area contributed by atoms with Gasteiger partial charge in [-0.3, -0.25) is 4.79 Å². The number of nitrogens with one attached hydrogen (secondary N) is 1. The highest BCUT2D eigenvalue weighted by Gasteiger charge is 2.27. The van der Waals surface area contributed by atoms with Gasteiger partial charge in [-0.15, -0.1) is 0 Å². The van der Waals surface area contributed by atoms with Crippen LogP contribution in [0.15, 0.2) is 24.3 Å². The number of hydrogen-bond acceptors (Lipinski definition) is 3. The Morgan fingerprint density at radius 2 is 2.08 bits per heavy atom. The number of aldehydes is 1. The van der Waals surface area contributed by atoms with Crippen LogP contribution in [0.5, 0.6) is 5.75 Å². The molecular formula is C21H29NO2. The zero-order valence-corrected chi connectivity index (χ0v) is 15.1. The molecule has 0 radical (unpaired) electrons. The van der Waals surface area contributed by atoms with Crippen molar-refractivity contribution in [2.45, 2.75) is 52.6 Å². The summed E-state index contributed by atoms with van der Waals surface area (Å²) in [4.78, 5) is 11.2. The van der Waals surface area contributed by atoms with Crippen molar-refractivity contribution in [1.82, 2.24) is 5.32 Å². The molecule has 1 aromatic carbocycles. The van der Waals surface area contributed by atoms with Crippen LogP contribution in [0.3, 0.4) is 0 Å². The van der Waals surface area contributed by atoms with Crippen LogP contribution in [0.2, 0.25) is 0 Å². The highest BCUT2D eigenvalue weighted by Crippen LogP contribution is 2.41. The number of allylic oxidation sites excluding steroid dienone is 2. The molecule has 1 aliphatic heterocycles. The van der Waals surface area contributed by atoms with Gasteiger partial charge in [0.25, 0.3) is 0 Å². The molecule has 1 heterocycles. The minimum atomic E-state index is 0.234. The van der Waals surface area contributed by atoms with E-state index < -0.39 is 0 Å². The molecule has 24 heavy (non-hydrogen) atoms. The predicted octanol–water partition coefficient (Wildman–Crippen LogP) is 4.47. The van der Waals surface area contributed by atoms with Gasteiger partial charge >= 0.3 is 0 Å². The summed E-state index contributed by atoms with van der Waals surface area (Å²) >= 11 is 0. The Morgan fingerprint density at radius 1 is 1.25 bits per heavy atom. The lowest BCUT2D eigenvalue weighted by atomic mass is 9.72. The van der Waals surface area contributed by atoms with Gasteiger partial charge in [0.2, 0.25) is 0 Å². The number of carbonyl (C=O) groups excluding carboxylic acids is 1. The van der Waals surface area contributed by atoms with Crippen LogP contribution in [-0.2, 0) is 0 Å². The number of carbonyl (C=O) groups is 1. The Morgan fingerprint density at radius 3 is 2.67 bits per heavy atom. The highest BCUT2D eigenvalue weighted by molar-refractivity contribution is 5.80. The molecule has 2 aliphatic rings. The van der Waals surface area contributed by atoms with Crippen LogP contribution in [0.25, 0.3) is 5.57 Å². The summed E-state index contributed by atoms with van der Waals surface area (Å²) in [5.41, 5.74) is 3.52. The molecule has 0 amide bonds. The normalized spacial score (nSPS) is 24.5. The Kier molecular flexibility index (Phi) is 5.09. The van der Waals surface area contributed by atoms with Gasteiger partial charge < -0.3 is 10.1 Å². The first-order chi connectivity index (χ1) is 11.5. The monoisotopic (exact) mass is 327 g/mol. The average Bonchev–Trinajstić information content (AvgIpc) is 3.07. The summed E-state index contributed by atoms with van der Waals surface area (Å²) in [7, 11) is 0. The van der Waals surface area contributed by atoms with Crippen molar-refractivity contribution in [2.24, 2.45) is 11.3 Å². The Balaban J connectivity index is 1.85. The zero-order valence-electron chi connectivity index (χ0n) is 15.1. The molecule has 0 saturated carbocycles. The topological polar surface area (TPSA) is 38.3 Å². The predicted molar refractivity (Wildman–Crippen MR) is 98.5 cm³/mol. The Labute approximate surface area is 145 Å². The fraction of sp³-hybridized carbons (Fsp3) is 0.571. The fourth-order valence-corrected chi connectivity index (χ4v) is 3.75. The first kappa shape index (κ1) is 17.2.